The van der Waals surface area contributed by atoms with E-state index >= 15 is 0 Å². The average Bonchev–Trinajstić information content (AvgIpc) is 2.59. The summed E-state index contributed by atoms with van der Waals surface area (Å²) >= 11 is 0. The van der Waals surface area contributed by atoms with Gasteiger partial charge in [0.05, 0.1) is 0 Å². The molecule has 2 amide bonds. The minimum absolute atomic E-state index is 0.0213. The smallest absolute Gasteiger partial charge is 0.245 e. The Morgan fingerprint density at radius 2 is 2.00 bits per heavy atom. The fourth-order valence-electron chi connectivity index (χ4n) is 3.88. The van der Waals surface area contributed by atoms with Gasteiger partial charge in [-0.3, -0.25) is 9.59 Å². The fourth-order valence-corrected chi connectivity index (χ4v) is 3.88. The number of carbonyl (C=O) groups excluding carboxylic acids is 2. The van der Waals surface area contributed by atoms with Crippen LogP contribution in [0.2, 0.25) is 0 Å². The van der Waals surface area contributed by atoms with Gasteiger partial charge in [-0.1, -0.05) is 34.1 Å². The van der Waals surface area contributed by atoms with Crippen LogP contribution in [0.3, 0.4) is 0 Å². The van der Waals surface area contributed by atoms with Crippen LogP contribution in [0.5, 0.6) is 0 Å². The molecule has 0 aromatic carbocycles. The van der Waals surface area contributed by atoms with E-state index in [2.05, 4.69) is 33.0 Å². The van der Waals surface area contributed by atoms with Gasteiger partial charge in [0.2, 0.25) is 11.8 Å². The Balaban J connectivity index is 2.17. The quantitative estimate of drug-likeness (QED) is 0.869. The second kappa shape index (κ2) is 6.80. The minimum Gasteiger partial charge on any atom is -0.344 e. The van der Waals surface area contributed by atoms with Gasteiger partial charge in [-0.15, -0.1) is 0 Å². The fraction of sp³-hybridized carbons (Fsp3) is 0.882. The van der Waals surface area contributed by atoms with Crippen LogP contribution in [0.1, 0.15) is 59.8 Å². The molecule has 1 heterocycles. The third-order valence-corrected chi connectivity index (χ3v) is 5.44. The standard InChI is InChI=1S/C17H30N2O2/c1-5-12(3)16-17(21)19(9-8-15(20)18-16)14-7-6-11(2)10-13(14)4/h11-14,16H,5-10H2,1-4H3,(H,18,20). The van der Waals surface area contributed by atoms with Crippen molar-refractivity contribution in [2.75, 3.05) is 6.54 Å². The Morgan fingerprint density at radius 3 is 2.62 bits per heavy atom. The van der Waals surface area contributed by atoms with E-state index in [4.69, 9.17) is 0 Å². The second-order valence-corrected chi connectivity index (χ2v) is 7.18. The van der Waals surface area contributed by atoms with E-state index in [0.717, 1.165) is 18.8 Å². The highest BCUT2D eigenvalue weighted by Crippen LogP contribution is 2.33. The highest BCUT2D eigenvalue weighted by molar-refractivity contribution is 5.90. The van der Waals surface area contributed by atoms with Crippen LogP contribution < -0.4 is 5.32 Å². The molecule has 5 atom stereocenters. The number of carbonyl (C=O) groups is 2. The number of hydrogen-bond acceptors (Lipinski definition) is 2. The first-order chi connectivity index (χ1) is 9.93. The zero-order valence-corrected chi connectivity index (χ0v) is 13.9. The SMILES string of the molecule is CCC(C)C1NC(=O)CCN(C2CCC(C)CC2C)C1=O. The molecular formula is C17H30N2O2. The van der Waals surface area contributed by atoms with Gasteiger partial charge in [-0.2, -0.15) is 0 Å². The molecule has 2 aliphatic rings. The predicted octanol–water partition coefficient (Wildman–Crippen LogP) is 2.57. The molecule has 1 N–H and O–H groups in total. The summed E-state index contributed by atoms with van der Waals surface area (Å²) in [5.41, 5.74) is 0. The third kappa shape index (κ3) is 3.58. The Labute approximate surface area is 128 Å². The Kier molecular flexibility index (Phi) is 5.28. The van der Waals surface area contributed by atoms with Crippen molar-refractivity contribution in [1.82, 2.24) is 10.2 Å². The third-order valence-electron chi connectivity index (χ3n) is 5.44. The number of nitrogens with one attached hydrogen (secondary N) is 1. The first-order valence-electron chi connectivity index (χ1n) is 8.53. The summed E-state index contributed by atoms with van der Waals surface area (Å²) in [7, 11) is 0. The normalized spacial score (nSPS) is 36.1. The molecule has 0 aromatic heterocycles. The summed E-state index contributed by atoms with van der Waals surface area (Å²) in [6.45, 7) is 9.26. The van der Waals surface area contributed by atoms with Crippen LogP contribution in [-0.2, 0) is 9.59 Å². The van der Waals surface area contributed by atoms with Gasteiger partial charge < -0.3 is 10.2 Å². The van der Waals surface area contributed by atoms with E-state index in [1.165, 1.54) is 12.8 Å². The number of nitrogens with zero attached hydrogens (tertiary/aromatic N) is 1. The van der Waals surface area contributed by atoms with E-state index in [9.17, 15) is 9.59 Å². The van der Waals surface area contributed by atoms with Gasteiger partial charge in [0, 0.05) is 19.0 Å². The zero-order chi connectivity index (χ0) is 15.6. The van der Waals surface area contributed by atoms with Crippen molar-refractivity contribution < 1.29 is 9.59 Å². The Hall–Kier alpha value is -1.06. The van der Waals surface area contributed by atoms with Crippen molar-refractivity contribution in [3.05, 3.63) is 0 Å². The molecule has 0 aromatic rings. The van der Waals surface area contributed by atoms with Gasteiger partial charge >= 0.3 is 0 Å². The van der Waals surface area contributed by atoms with Crippen LogP contribution >= 0.6 is 0 Å². The maximum absolute atomic E-state index is 12.9. The zero-order valence-electron chi connectivity index (χ0n) is 13.9. The molecule has 2 fully saturated rings. The molecule has 0 spiro atoms. The van der Waals surface area contributed by atoms with Crippen molar-refractivity contribution in [3.8, 4) is 0 Å². The lowest BCUT2D eigenvalue weighted by Crippen LogP contribution is -2.53. The second-order valence-electron chi connectivity index (χ2n) is 7.18. The van der Waals surface area contributed by atoms with E-state index in [-0.39, 0.29) is 23.8 Å². The van der Waals surface area contributed by atoms with Crippen molar-refractivity contribution in [3.63, 3.8) is 0 Å². The Bertz CT molecular complexity index is 396. The summed E-state index contributed by atoms with van der Waals surface area (Å²) in [6, 6.07) is -0.0236. The topological polar surface area (TPSA) is 49.4 Å². The van der Waals surface area contributed by atoms with E-state index in [1.807, 2.05) is 4.90 Å². The minimum atomic E-state index is -0.337. The summed E-state index contributed by atoms with van der Waals surface area (Å²) in [5.74, 6) is 1.64. The lowest BCUT2D eigenvalue weighted by molar-refractivity contribution is -0.138. The van der Waals surface area contributed by atoms with Gasteiger partial charge in [0.1, 0.15) is 6.04 Å². The van der Waals surface area contributed by atoms with Crippen LogP contribution in [0.25, 0.3) is 0 Å². The van der Waals surface area contributed by atoms with Crippen molar-refractivity contribution in [2.45, 2.75) is 71.9 Å². The summed E-state index contributed by atoms with van der Waals surface area (Å²) in [6.07, 6.45) is 4.80. The molecule has 21 heavy (non-hydrogen) atoms. The number of rotatable bonds is 3. The van der Waals surface area contributed by atoms with Gasteiger partial charge in [0.25, 0.3) is 0 Å². The van der Waals surface area contributed by atoms with E-state index < -0.39 is 0 Å². The average molecular weight is 294 g/mol. The van der Waals surface area contributed by atoms with Gasteiger partial charge in [-0.05, 0) is 37.0 Å². The molecule has 120 valence electrons. The van der Waals surface area contributed by atoms with E-state index in [1.54, 1.807) is 0 Å². The monoisotopic (exact) mass is 294 g/mol. The van der Waals surface area contributed by atoms with Crippen LogP contribution in [0.15, 0.2) is 0 Å². The highest BCUT2D eigenvalue weighted by Gasteiger charge is 2.39. The van der Waals surface area contributed by atoms with Crippen LogP contribution in [0.4, 0.5) is 0 Å². The lowest BCUT2D eigenvalue weighted by atomic mass is 9.78. The van der Waals surface area contributed by atoms with Crippen LogP contribution in [0, 0.1) is 17.8 Å². The maximum atomic E-state index is 12.9. The molecule has 0 radical (unpaired) electrons. The molecule has 4 nitrogen and oxygen atoms in total. The predicted molar refractivity (Wildman–Crippen MR) is 83.7 cm³/mol. The molecule has 1 saturated heterocycles. The largest absolute Gasteiger partial charge is 0.344 e. The molecule has 4 heteroatoms. The van der Waals surface area contributed by atoms with Gasteiger partial charge in [-0.25, -0.2) is 0 Å². The Morgan fingerprint density at radius 1 is 1.29 bits per heavy atom. The van der Waals surface area contributed by atoms with Gasteiger partial charge in [0.15, 0.2) is 0 Å². The molecule has 5 unspecified atom stereocenters. The number of hydrogen-bond donors (Lipinski definition) is 1. The van der Waals surface area contributed by atoms with Crippen molar-refractivity contribution in [2.24, 2.45) is 17.8 Å². The van der Waals surface area contributed by atoms with Crippen molar-refractivity contribution >= 4 is 11.8 Å². The summed E-state index contributed by atoms with van der Waals surface area (Å²) in [4.78, 5) is 26.9. The summed E-state index contributed by atoms with van der Waals surface area (Å²) < 4.78 is 0. The lowest BCUT2D eigenvalue weighted by Gasteiger charge is -2.41. The molecule has 1 aliphatic carbocycles. The molecule has 1 aliphatic heterocycles. The van der Waals surface area contributed by atoms with Crippen LogP contribution in [-0.4, -0.2) is 35.3 Å². The molecular weight excluding hydrogens is 264 g/mol. The van der Waals surface area contributed by atoms with E-state index in [0.29, 0.717) is 24.9 Å². The molecule has 0 bridgehead atoms. The van der Waals surface area contributed by atoms with Crippen molar-refractivity contribution in [1.29, 1.82) is 0 Å². The number of amides is 2. The first-order valence-corrected chi connectivity index (χ1v) is 8.53. The molecule has 1 saturated carbocycles. The highest BCUT2D eigenvalue weighted by atomic mass is 16.2. The maximum Gasteiger partial charge on any atom is 0.245 e. The molecule has 2 rings (SSSR count). The first kappa shape index (κ1) is 16.3. The summed E-state index contributed by atoms with van der Waals surface area (Å²) in [5, 5.41) is 2.94.